The van der Waals surface area contributed by atoms with E-state index in [4.69, 9.17) is 22.2 Å². The molecule has 1 aliphatic heterocycles. The third-order valence-corrected chi connectivity index (χ3v) is 4.23. The Morgan fingerprint density at radius 2 is 2.14 bits per heavy atom. The zero-order valence-electron chi connectivity index (χ0n) is 12.0. The van der Waals surface area contributed by atoms with Gasteiger partial charge in [0.1, 0.15) is 5.75 Å². The van der Waals surface area contributed by atoms with E-state index in [1.54, 1.807) is 0 Å². The van der Waals surface area contributed by atoms with Gasteiger partial charge in [0.15, 0.2) is 0 Å². The lowest BCUT2D eigenvalue weighted by atomic mass is 9.94. The minimum atomic E-state index is 0.0398. The monoisotopic (exact) mass is 302 g/mol. The maximum absolute atomic E-state index is 6.23. The fraction of sp³-hybridized carbons (Fsp3) is 0.294. The highest BCUT2D eigenvalue weighted by molar-refractivity contribution is 6.30. The number of rotatable bonds is 4. The van der Waals surface area contributed by atoms with E-state index in [2.05, 4.69) is 24.5 Å². The van der Waals surface area contributed by atoms with Gasteiger partial charge in [-0.1, -0.05) is 35.9 Å². The molecule has 1 atom stereocenters. The lowest BCUT2D eigenvalue weighted by Gasteiger charge is -2.20. The molecular formula is C17H19ClN2O. The van der Waals surface area contributed by atoms with Gasteiger partial charge in [-0.25, -0.2) is 0 Å². The second-order valence-corrected chi connectivity index (χ2v) is 5.87. The van der Waals surface area contributed by atoms with Crippen molar-refractivity contribution in [3.63, 3.8) is 0 Å². The van der Waals surface area contributed by atoms with E-state index in [9.17, 15) is 0 Å². The molecule has 1 heterocycles. The highest BCUT2D eigenvalue weighted by atomic mass is 35.5. The summed E-state index contributed by atoms with van der Waals surface area (Å²) < 4.78 is 5.77. The first-order chi connectivity index (χ1) is 10.2. The maximum Gasteiger partial charge on any atom is 0.125 e. The molecule has 21 heavy (non-hydrogen) atoms. The number of aryl methyl sites for hydroxylation is 1. The van der Waals surface area contributed by atoms with Gasteiger partial charge in [-0.15, -0.1) is 0 Å². The number of halogens is 1. The SMILES string of the molecule is Cc1ccccc1C(Cc1cc(Cl)cc2c1OCC2)NN. The number of hydrogen-bond donors (Lipinski definition) is 2. The number of hydrazine groups is 1. The molecule has 3 N–H and O–H groups in total. The zero-order chi connectivity index (χ0) is 14.8. The average molecular weight is 303 g/mol. The molecule has 3 nitrogen and oxygen atoms in total. The van der Waals surface area contributed by atoms with Gasteiger partial charge >= 0.3 is 0 Å². The van der Waals surface area contributed by atoms with E-state index in [-0.39, 0.29) is 6.04 Å². The highest BCUT2D eigenvalue weighted by Crippen LogP contribution is 2.35. The van der Waals surface area contributed by atoms with Gasteiger partial charge in [0.05, 0.1) is 12.6 Å². The Bertz CT molecular complexity index is 657. The van der Waals surface area contributed by atoms with Gasteiger partial charge in [0.25, 0.3) is 0 Å². The van der Waals surface area contributed by atoms with Crippen LogP contribution in [0.2, 0.25) is 5.02 Å². The second-order valence-electron chi connectivity index (χ2n) is 5.43. The molecule has 110 valence electrons. The Morgan fingerprint density at radius 1 is 1.33 bits per heavy atom. The van der Waals surface area contributed by atoms with Crippen LogP contribution in [-0.4, -0.2) is 6.61 Å². The van der Waals surface area contributed by atoms with Crippen molar-refractivity contribution in [3.8, 4) is 5.75 Å². The number of nitrogens with two attached hydrogens (primary N) is 1. The third kappa shape index (κ3) is 2.91. The molecule has 0 radical (unpaired) electrons. The van der Waals surface area contributed by atoms with Crippen molar-refractivity contribution in [3.05, 3.63) is 63.7 Å². The van der Waals surface area contributed by atoms with Crippen LogP contribution in [0.5, 0.6) is 5.75 Å². The molecule has 1 unspecified atom stereocenters. The Kier molecular flexibility index (Phi) is 4.15. The van der Waals surface area contributed by atoms with E-state index < -0.39 is 0 Å². The molecule has 0 spiro atoms. The van der Waals surface area contributed by atoms with Gasteiger partial charge in [-0.2, -0.15) is 0 Å². The van der Waals surface area contributed by atoms with E-state index in [1.165, 1.54) is 16.7 Å². The molecule has 2 aromatic rings. The van der Waals surface area contributed by atoms with E-state index >= 15 is 0 Å². The molecule has 0 fully saturated rings. The smallest absolute Gasteiger partial charge is 0.125 e. The summed E-state index contributed by atoms with van der Waals surface area (Å²) >= 11 is 6.23. The van der Waals surface area contributed by atoms with Crippen molar-refractivity contribution in [2.24, 2.45) is 5.84 Å². The summed E-state index contributed by atoms with van der Waals surface area (Å²) in [6.45, 7) is 2.83. The molecule has 4 heteroatoms. The molecule has 0 amide bonds. The maximum atomic E-state index is 6.23. The molecule has 0 aromatic heterocycles. The van der Waals surface area contributed by atoms with Gasteiger partial charge in [0.2, 0.25) is 0 Å². The molecule has 0 bridgehead atoms. The largest absolute Gasteiger partial charge is 0.493 e. The molecule has 0 aliphatic carbocycles. The van der Waals surface area contributed by atoms with Crippen LogP contribution in [0.4, 0.5) is 0 Å². The summed E-state index contributed by atoms with van der Waals surface area (Å²) in [6, 6.07) is 12.3. The normalized spacial score (nSPS) is 14.6. The second kappa shape index (κ2) is 6.06. The Labute approximate surface area is 130 Å². The van der Waals surface area contributed by atoms with Crippen LogP contribution in [-0.2, 0) is 12.8 Å². The summed E-state index contributed by atoms with van der Waals surface area (Å²) in [5, 5.41) is 0.759. The van der Waals surface area contributed by atoms with Crippen LogP contribution >= 0.6 is 11.6 Å². The van der Waals surface area contributed by atoms with Crippen molar-refractivity contribution in [2.75, 3.05) is 6.61 Å². The summed E-state index contributed by atoms with van der Waals surface area (Å²) in [6.07, 6.45) is 1.68. The predicted molar refractivity (Wildman–Crippen MR) is 85.6 cm³/mol. The summed E-state index contributed by atoms with van der Waals surface area (Å²) in [5.41, 5.74) is 7.65. The lowest BCUT2D eigenvalue weighted by molar-refractivity contribution is 0.351. The Balaban J connectivity index is 1.94. The fourth-order valence-electron chi connectivity index (χ4n) is 2.95. The third-order valence-electron chi connectivity index (χ3n) is 4.01. The van der Waals surface area contributed by atoms with Crippen LogP contribution < -0.4 is 16.0 Å². The Hall–Kier alpha value is -1.55. The number of nitrogens with one attached hydrogen (secondary N) is 1. The van der Waals surface area contributed by atoms with Crippen molar-refractivity contribution in [1.82, 2.24) is 5.43 Å². The van der Waals surface area contributed by atoms with Gasteiger partial charge < -0.3 is 4.74 Å². The summed E-state index contributed by atoms with van der Waals surface area (Å²) in [5.74, 6) is 6.76. The summed E-state index contributed by atoms with van der Waals surface area (Å²) in [4.78, 5) is 0. The van der Waals surface area contributed by atoms with Crippen molar-refractivity contribution >= 4 is 11.6 Å². The first kappa shape index (κ1) is 14.4. The zero-order valence-corrected chi connectivity index (χ0v) is 12.8. The standard InChI is InChI=1S/C17H19ClN2O/c1-11-4-2-3-5-15(11)16(20-19)10-13-9-14(18)8-12-6-7-21-17(12)13/h2-5,8-9,16,20H,6-7,10,19H2,1H3. The van der Waals surface area contributed by atoms with Crippen molar-refractivity contribution in [1.29, 1.82) is 0 Å². The molecule has 0 saturated carbocycles. The number of benzene rings is 2. The minimum Gasteiger partial charge on any atom is -0.493 e. The molecule has 1 aliphatic rings. The van der Waals surface area contributed by atoms with Crippen molar-refractivity contribution in [2.45, 2.75) is 25.8 Å². The van der Waals surface area contributed by atoms with Gasteiger partial charge in [-0.3, -0.25) is 11.3 Å². The molecule has 3 rings (SSSR count). The van der Waals surface area contributed by atoms with Crippen LogP contribution in [0, 0.1) is 6.92 Å². The van der Waals surface area contributed by atoms with Gasteiger partial charge in [0, 0.05) is 11.4 Å². The summed E-state index contributed by atoms with van der Waals surface area (Å²) in [7, 11) is 0. The van der Waals surface area contributed by atoms with E-state index in [1.807, 2.05) is 24.3 Å². The average Bonchev–Trinajstić information content (AvgIpc) is 2.93. The quantitative estimate of drug-likeness (QED) is 0.673. The Morgan fingerprint density at radius 3 is 2.90 bits per heavy atom. The van der Waals surface area contributed by atoms with Crippen LogP contribution in [0.15, 0.2) is 36.4 Å². The van der Waals surface area contributed by atoms with Crippen molar-refractivity contribution < 1.29 is 4.74 Å². The van der Waals surface area contributed by atoms with E-state index in [0.717, 1.165) is 35.8 Å². The number of fused-ring (bicyclic) bond motifs is 1. The van der Waals surface area contributed by atoms with Crippen LogP contribution in [0.1, 0.15) is 28.3 Å². The number of hydrogen-bond acceptors (Lipinski definition) is 3. The topological polar surface area (TPSA) is 47.3 Å². The molecule has 0 saturated heterocycles. The highest BCUT2D eigenvalue weighted by Gasteiger charge is 2.21. The van der Waals surface area contributed by atoms with Crippen LogP contribution in [0.3, 0.4) is 0 Å². The van der Waals surface area contributed by atoms with E-state index in [0.29, 0.717) is 0 Å². The minimum absolute atomic E-state index is 0.0398. The first-order valence-corrected chi connectivity index (χ1v) is 7.52. The fourth-order valence-corrected chi connectivity index (χ4v) is 3.22. The molecular weight excluding hydrogens is 284 g/mol. The van der Waals surface area contributed by atoms with Crippen LogP contribution in [0.25, 0.3) is 0 Å². The molecule has 2 aromatic carbocycles. The first-order valence-electron chi connectivity index (χ1n) is 7.15. The van der Waals surface area contributed by atoms with Gasteiger partial charge in [-0.05, 0) is 47.7 Å². The number of ether oxygens (including phenoxy) is 1. The lowest BCUT2D eigenvalue weighted by Crippen LogP contribution is -2.30. The predicted octanol–water partition coefficient (Wildman–Crippen LogP) is 3.33.